The van der Waals surface area contributed by atoms with E-state index in [4.69, 9.17) is 4.74 Å². The SMILES string of the molecule is COc1ccc(-c2cc3cc(C)ccc3n2Cc2ccc(C)cc2)cc1. The Morgan fingerprint density at radius 1 is 0.769 bits per heavy atom. The van der Waals surface area contributed by atoms with Gasteiger partial charge in [0.2, 0.25) is 0 Å². The van der Waals surface area contributed by atoms with Crippen LogP contribution in [0.15, 0.2) is 72.8 Å². The Labute approximate surface area is 154 Å². The van der Waals surface area contributed by atoms with Gasteiger partial charge in [-0.1, -0.05) is 41.5 Å². The molecule has 0 bridgehead atoms. The molecule has 0 atom stereocenters. The summed E-state index contributed by atoms with van der Waals surface area (Å²) in [4.78, 5) is 0. The molecule has 0 saturated carbocycles. The first-order chi connectivity index (χ1) is 12.6. The molecule has 2 heteroatoms. The van der Waals surface area contributed by atoms with Crippen molar-refractivity contribution < 1.29 is 4.74 Å². The lowest BCUT2D eigenvalue weighted by Crippen LogP contribution is -2.01. The Morgan fingerprint density at radius 2 is 1.46 bits per heavy atom. The number of hydrogen-bond donors (Lipinski definition) is 0. The van der Waals surface area contributed by atoms with Crippen LogP contribution in [0.1, 0.15) is 16.7 Å². The molecule has 0 N–H and O–H groups in total. The number of benzene rings is 3. The van der Waals surface area contributed by atoms with E-state index in [1.165, 1.54) is 38.9 Å². The van der Waals surface area contributed by atoms with Crippen LogP contribution in [0.4, 0.5) is 0 Å². The Hall–Kier alpha value is -3.00. The fourth-order valence-electron chi connectivity index (χ4n) is 3.44. The van der Waals surface area contributed by atoms with Gasteiger partial charge in [-0.3, -0.25) is 0 Å². The van der Waals surface area contributed by atoms with Crippen molar-refractivity contribution in [3.63, 3.8) is 0 Å². The smallest absolute Gasteiger partial charge is 0.118 e. The van der Waals surface area contributed by atoms with Gasteiger partial charge in [0.05, 0.1) is 7.11 Å². The summed E-state index contributed by atoms with van der Waals surface area (Å²) < 4.78 is 7.71. The third-order valence-electron chi connectivity index (χ3n) is 4.90. The molecule has 130 valence electrons. The summed E-state index contributed by atoms with van der Waals surface area (Å²) in [5, 5.41) is 1.28. The quantitative estimate of drug-likeness (QED) is 0.445. The van der Waals surface area contributed by atoms with E-state index in [1.807, 2.05) is 12.1 Å². The molecule has 3 aromatic carbocycles. The molecule has 0 aliphatic heterocycles. The topological polar surface area (TPSA) is 14.2 Å². The molecule has 4 rings (SSSR count). The van der Waals surface area contributed by atoms with Gasteiger partial charge in [-0.2, -0.15) is 0 Å². The van der Waals surface area contributed by atoms with E-state index in [0.29, 0.717) is 0 Å². The molecular formula is C24H23NO. The van der Waals surface area contributed by atoms with Gasteiger partial charge in [0.15, 0.2) is 0 Å². The Morgan fingerprint density at radius 3 is 2.15 bits per heavy atom. The molecule has 0 spiro atoms. The molecule has 0 aliphatic carbocycles. The zero-order valence-electron chi connectivity index (χ0n) is 15.5. The highest BCUT2D eigenvalue weighted by Gasteiger charge is 2.12. The van der Waals surface area contributed by atoms with Crippen LogP contribution in [-0.4, -0.2) is 11.7 Å². The minimum absolute atomic E-state index is 0.855. The Kier molecular flexibility index (Phi) is 4.26. The molecule has 2 nitrogen and oxygen atoms in total. The molecule has 0 radical (unpaired) electrons. The van der Waals surface area contributed by atoms with Crippen molar-refractivity contribution in [3.05, 3.63) is 89.5 Å². The van der Waals surface area contributed by atoms with Crippen molar-refractivity contribution in [2.75, 3.05) is 7.11 Å². The molecule has 0 aliphatic rings. The summed E-state index contributed by atoms with van der Waals surface area (Å²) in [7, 11) is 1.70. The van der Waals surface area contributed by atoms with Gasteiger partial charge in [0.25, 0.3) is 0 Å². The lowest BCUT2D eigenvalue weighted by molar-refractivity contribution is 0.415. The van der Waals surface area contributed by atoms with Crippen LogP contribution in [0.3, 0.4) is 0 Å². The van der Waals surface area contributed by atoms with E-state index in [9.17, 15) is 0 Å². The first-order valence-corrected chi connectivity index (χ1v) is 8.94. The number of hydrogen-bond acceptors (Lipinski definition) is 1. The lowest BCUT2D eigenvalue weighted by atomic mass is 10.1. The Balaban J connectivity index is 1.85. The van der Waals surface area contributed by atoms with Crippen molar-refractivity contribution in [3.8, 4) is 17.0 Å². The number of fused-ring (bicyclic) bond motifs is 1. The van der Waals surface area contributed by atoms with Gasteiger partial charge in [-0.25, -0.2) is 0 Å². The van der Waals surface area contributed by atoms with Gasteiger partial charge in [-0.05, 0) is 67.4 Å². The molecule has 0 amide bonds. The van der Waals surface area contributed by atoms with E-state index < -0.39 is 0 Å². The first kappa shape index (κ1) is 16.5. The number of rotatable bonds is 4. The van der Waals surface area contributed by atoms with E-state index in [0.717, 1.165) is 12.3 Å². The van der Waals surface area contributed by atoms with E-state index in [1.54, 1.807) is 7.11 Å². The zero-order chi connectivity index (χ0) is 18.1. The summed E-state index contributed by atoms with van der Waals surface area (Å²) in [6.07, 6.45) is 0. The van der Waals surface area contributed by atoms with Gasteiger partial charge >= 0.3 is 0 Å². The second-order valence-electron chi connectivity index (χ2n) is 6.89. The molecule has 0 unspecified atom stereocenters. The van der Waals surface area contributed by atoms with Crippen LogP contribution in [0.5, 0.6) is 5.75 Å². The molecule has 0 fully saturated rings. The number of nitrogens with zero attached hydrogens (tertiary/aromatic N) is 1. The average molecular weight is 341 g/mol. The second-order valence-corrected chi connectivity index (χ2v) is 6.89. The van der Waals surface area contributed by atoms with E-state index in [2.05, 4.69) is 79.1 Å². The predicted octanol–water partition coefficient (Wildman–Crippen LogP) is 5.98. The molecular weight excluding hydrogens is 318 g/mol. The fourth-order valence-corrected chi connectivity index (χ4v) is 3.44. The van der Waals surface area contributed by atoms with E-state index >= 15 is 0 Å². The summed E-state index contributed by atoms with van der Waals surface area (Å²) in [6.45, 7) is 5.12. The average Bonchev–Trinajstić information content (AvgIpc) is 3.01. The minimum Gasteiger partial charge on any atom is -0.497 e. The molecule has 1 heterocycles. The van der Waals surface area contributed by atoms with Gasteiger partial charge < -0.3 is 9.30 Å². The van der Waals surface area contributed by atoms with Crippen molar-refractivity contribution in [2.24, 2.45) is 0 Å². The monoisotopic (exact) mass is 341 g/mol. The highest BCUT2D eigenvalue weighted by Crippen LogP contribution is 2.31. The summed E-state index contributed by atoms with van der Waals surface area (Å²) >= 11 is 0. The number of methoxy groups -OCH3 is 1. The second kappa shape index (κ2) is 6.72. The first-order valence-electron chi connectivity index (χ1n) is 8.94. The normalized spacial score (nSPS) is 11.0. The van der Waals surface area contributed by atoms with Crippen LogP contribution < -0.4 is 4.74 Å². The van der Waals surface area contributed by atoms with Gasteiger partial charge in [0.1, 0.15) is 5.75 Å². The largest absolute Gasteiger partial charge is 0.497 e. The van der Waals surface area contributed by atoms with Crippen LogP contribution in [0, 0.1) is 13.8 Å². The predicted molar refractivity (Wildman–Crippen MR) is 109 cm³/mol. The summed E-state index contributed by atoms with van der Waals surface area (Å²) in [5.41, 5.74) is 7.58. The Bertz CT molecular complexity index is 1040. The zero-order valence-corrected chi connectivity index (χ0v) is 15.5. The number of aryl methyl sites for hydroxylation is 2. The highest BCUT2D eigenvalue weighted by atomic mass is 16.5. The lowest BCUT2D eigenvalue weighted by Gasteiger charge is -2.12. The maximum absolute atomic E-state index is 5.31. The highest BCUT2D eigenvalue weighted by molar-refractivity contribution is 5.87. The van der Waals surface area contributed by atoms with Gasteiger partial charge in [0, 0.05) is 23.1 Å². The molecule has 0 saturated heterocycles. The maximum atomic E-state index is 5.31. The number of aromatic nitrogens is 1. The van der Waals surface area contributed by atoms with Crippen molar-refractivity contribution in [1.82, 2.24) is 4.57 Å². The van der Waals surface area contributed by atoms with Crippen LogP contribution >= 0.6 is 0 Å². The minimum atomic E-state index is 0.855. The standard InChI is InChI=1S/C24H23NO/c1-17-4-7-19(8-5-17)16-25-23-13-6-18(2)14-21(23)15-24(25)20-9-11-22(26-3)12-10-20/h4-15H,16H2,1-3H3. The maximum Gasteiger partial charge on any atom is 0.118 e. The van der Waals surface area contributed by atoms with Crippen molar-refractivity contribution in [2.45, 2.75) is 20.4 Å². The van der Waals surface area contributed by atoms with Gasteiger partial charge in [-0.15, -0.1) is 0 Å². The van der Waals surface area contributed by atoms with Crippen LogP contribution in [0.2, 0.25) is 0 Å². The van der Waals surface area contributed by atoms with Crippen LogP contribution in [0.25, 0.3) is 22.2 Å². The molecule has 26 heavy (non-hydrogen) atoms. The van der Waals surface area contributed by atoms with Crippen LogP contribution in [-0.2, 0) is 6.54 Å². The van der Waals surface area contributed by atoms with Crippen molar-refractivity contribution >= 4 is 10.9 Å². The molecule has 1 aromatic heterocycles. The summed E-state index contributed by atoms with van der Waals surface area (Å²) in [6, 6.07) is 26.1. The fraction of sp³-hybridized carbons (Fsp3) is 0.167. The molecule has 4 aromatic rings. The third kappa shape index (κ3) is 3.11. The summed E-state index contributed by atoms with van der Waals surface area (Å²) in [5.74, 6) is 0.880. The number of ether oxygens (including phenoxy) is 1. The third-order valence-corrected chi connectivity index (χ3v) is 4.90. The van der Waals surface area contributed by atoms with E-state index in [-0.39, 0.29) is 0 Å². The van der Waals surface area contributed by atoms with Crippen molar-refractivity contribution in [1.29, 1.82) is 0 Å².